The summed E-state index contributed by atoms with van der Waals surface area (Å²) in [6, 6.07) is 4.79. The summed E-state index contributed by atoms with van der Waals surface area (Å²) in [5.41, 5.74) is 2.66. The second-order valence-corrected chi connectivity index (χ2v) is 6.48. The van der Waals surface area contributed by atoms with E-state index in [0.29, 0.717) is 12.0 Å². The first-order valence-corrected chi connectivity index (χ1v) is 8.35. The van der Waals surface area contributed by atoms with E-state index in [1.165, 1.54) is 11.1 Å². The molecule has 1 aromatic carbocycles. The number of benzene rings is 1. The Hall–Kier alpha value is -0.580. The van der Waals surface area contributed by atoms with Gasteiger partial charge in [0.15, 0.2) is 0 Å². The zero-order valence-electron chi connectivity index (χ0n) is 12.0. The van der Waals surface area contributed by atoms with Gasteiger partial charge in [-0.25, -0.2) is 0 Å². The molecule has 20 heavy (non-hydrogen) atoms. The van der Waals surface area contributed by atoms with Gasteiger partial charge in [-0.1, -0.05) is 22.9 Å². The number of ether oxygens (including phenoxy) is 2. The van der Waals surface area contributed by atoms with Gasteiger partial charge in [-0.2, -0.15) is 0 Å². The summed E-state index contributed by atoms with van der Waals surface area (Å²) in [6.45, 7) is 5.72. The Balaban J connectivity index is 1.94. The second-order valence-electron chi connectivity index (χ2n) is 5.57. The molecule has 3 nitrogen and oxygen atoms in total. The fourth-order valence-electron chi connectivity index (χ4n) is 3.33. The van der Waals surface area contributed by atoms with Crippen LogP contribution in [0.4, 0.5) is 0 Å². The Morgan fingerprint density at radius 2 is 2.10 bits per heavy atom. The summed E-state index contributed by atoms with van der Waals surface area (Å²) < 4.78 is 12.6. The molecular weight excluding hydrogens is 318 g/mol. The van der Waals surface area contributed by atoms with Gasteiger partial charge in [-0.3, -0.25) is 0 Å². The van der Waals surface area contributed by atoms with Gasteiger partial charge in [0.1, 0.15) is 5.75 Å². The number of rotatable bonds is 4. The quantitative estimate of drug-likeness (QED) is 0.911. The van der Waals surface area contributed by atoms with Crippen molar-refractivity contribution in [2.45, 2.75) is 32.2 Å². The van der Waals surface area contributed by atoms with Crippen molar-refractivity contribution in [1.82, 2.24) is 5.32 Å². The van der Waals surface area contributed by atoms with E-state index in [2.05, 4.69) is 40.3 Å². The minimum absolute atomic E-state index is 0.369. The van der Waals surface area contributed by atoms with Crippen molar-refractivity contribution in [3.05, 3.63) is 27.7 Å². The van der Waals surface area contributed by atoms with Gasteiger partial charge >= 0.3 is 0 Å². The molecule has 0 amide bonds. The largest absolute Gasteiger partial charge is 0.493 e. The molecule has 0 saturated carbocycles. The van der Waals surface area contributed by atoms with E-state index in [1.54, 1.807) is 0 Å². The van der Waals surface area contributed by atoms with Crippen molar-refractivity contribution in [2.24, 2.45) is 5.92 Å². The Labute approximate surface area is 129 Å². The fraction of sp³-hybridized carbons (Fsp3) is 0.625. The first-order valence-electron chi connectivity index (χ1n) is 7.56. The molecule has 1 unspecified atom stereocenters. The van der Waals surface area contributed by atoms with Gasteiger partial charge in [0.25, 0.3) is 0 Å². The molecule has 0 aromatic heterocycles. The van der Waals surface area contributed by atoms with Crippen LogP contribution in [0.3, 0.4) is 0 Å². The van der Waals surface area contributed by atoms with Crippen LogP contribution in [0.15, 0.2) is 16.6 Å². The highest BCUT2D eigenvalue weighted by Gasteiger charge is 2.29. The van der Waals surface area contributed by atoms with E-state index >= 15 is 0 Å². The van der Waals surface area contributed by atoms with Crippen LogP contribution in [0.25, 0.3) is 0 Å². The molecule has 0 bridgehead atoms. The van der Waals surface area contributed by atoms with Crippen molar-refractivity contribution < 1.29 is 9.47 Å². The van der Waals surface area contributed by atoms with E-state index in [0.717, 1.165) is 55.9 Å². The predicted octanol–water partition coefficient (Wildman–Crippen LogP) is 3.46. The van der Waals surface area contributed by atoms with Gasteiger partial charge in [-0.15, -0.1) is 0 Å². The average Bonchev–Trinajstić information content (AvgIpc) is 2.93. The van der Waals surface area contributed by atoms with Crippen molar-refractivity contribution >= 4 is 15.9 Å². The SMILES string of the molecule is CCNC(c1cc(Br)cc2c1OCC2)C1CCOCC1. The summed E-state index contributed by atoms with van der Waals surface area (Å²) in [4.78, 5) is 0. The third-order valence-corrected chi connectivity index (χ3v) is 4.73. The number of hydrogen-bond donors (Lipinski definition) is 1. The van der Waals surface area contributed by atoms with Crippen LogP contribution in [-0.2, 0) is 11.2 Å². The minimum Gasteiger partial charge on any atom is -0.493 e. The molecule has 1 aromatic rings. The Kier molecular flexibility index (Phi) is 4.64. The summed E-state index contributed by atoms with van der Waals surface area (Å²) >= 11 is 3.65. The number of hydrogen-bond acceptors (Lipinski definition) is 3. The monoisotopic (exact) mass is 339 g/mol. The molecule has 2 heterocycles. The van der Waals surface area contributed by atoms with E-state index in [4.69, 9.17) is 9.47 Å². The number of nitrogens with one attached hydrogen (secondary N) is 1. The Bertz CT molecular complexity index is 472. The predicted molar refractivity (Wildman–Crippen MR) is 83.3 cm³/mol. The van der Waals surface area contributed by atoms with Crippen molar-refractivity contribution in [3.63, 3.8) is 0 Å². The van der Waals surface area contributed by atoms with Gasteiger partial charge in [0.2, 0.25) is 0 Å². The van der Waals surface area contributed by atoms with Crippen LogP contribution in [0.5, 0.6) is 5.75 Å². The minimum atomic E-state index is 0.369. The summed E-state index contributed by atoms with van der Waals surface area (Å²) in [5.74, 6) is 1.75. The first kappa shape index (κ1) is 14.4. The molecule has 110 valence electrons. The van der Waals surface area contributed by atoms with Crippen LogP contribution in [-0.4, -0.2) is 26.4 Å². The maximum Gasteiger partial charge on any atom is 0.127 e. The molecule has 1 saturated heterocycles. The van der Waals surface area contributed by atoms with E-state index in [1.807, 2.05) is 0 Å². The second kappa shape index (κ2) is 6.46. The first-order chi connectivity index (χ1) is 9.79. The summed E-state index contributed by atoms with van der Waals surface area (Å²) in [6.07, 6.45) is 3.27. The van der Waals surface area contributed by atoms with Gasteiger partial charge < -0.3 is 14.8 Å². The topological polar surface area (TPSA) is 30.5 Å². The lowest BCUT2D eigenvalue weighted by atomic mass is 9.86. The third kappa shape index (κ3) is 2.87. The highest BCUT2D eigenvalue weighted by Crippen LogP contribution is 2.41. The molecule has 1 fully saturated rings. The molecule has 4 heteroatoms. The lowest BCUT2D eigenvalue weighted by molar-refractivity contribution is 0.0535. The van der Waals surface area contributed by atoms with Crippen LogP contribution < -0.4 is 10.1 Å². The molecule has 2 aliphatic heterocycles. The van der Waals surface area contributed by atoms with Gasteiger partial charge in [-0.05, 0) is 43.0 Å². The van der Waals surface area contributed by atoms with Crippen LogP contribution in [0, 0.1) is 5.92 Å². The average molecular weight is 340 g/mol. The van der Waals surface area contributed by atoms with Crippen molar-refractivity contribution in [3.8, 4) is 5.75 Å². The summed E-state index contributed by atoms with van der Waals surface area (Å²) in [5, 5.41) is 3.67. The third-order valence-electron chi connectivity index (χ3n) is 4.27. The van der Waals surface area contributed by atoms with Crippen molar-refractivity contribution in [2.75, 3.05) is 26.4 Å². The maximum absolute atomic E-state index is 5.91. The van der Waals surface area contributed by atoms with E-state index < -0.39 is 0 Å². The zero-order valence-corrected chi connectivity index (χ0v) is 13.5. The lowest BCUT2D eigenvalue weighted by Crippen LogP contribution is -2.32. The highest BCUT2D eigenvalue weighted by molar-refractivity contribution is 9.10. The van der Waals surface area contributed by atoms with Gasteiger partial charge in [0.05, 0.1) is 6.61 Å². The normalized spacial score (nSPS) is 20.5. The van der Waals surface area contributed by atoms with E-state index in [9.17, 15) is 0 Å². The maximum atomic E-state index is 5.91. The molecular formula is C16H22BrNO2. The molecule has 0 spiro atoms. The molecule has 1 atom stereocenters. The highest BCUT2D eigenvalue weighted by atomic mass is 79.9. The summed E-state index contributed by atoms with van der Waals surface area (Å²) in [7, 11) is 0. The van der Waals surface area contributed by atoms with Crippen LogP contribution in [0.1, 0.15) is 36.9 Å². The van der Waals surface area contributed by atoms with Crippen molar-refractivity contribution in [1.29, 1.82) is 0 Å². The Morgan fingerprint density at radius 3 is 2.85 bits per heavy atom. The Morgan fingerprint density at radius 1 is 1.30 bits per heavy atom. The van der Waals surface area contributed by atoms with Crippen LogP contribution in [0.2, 0.25) is 0 Å². The molecule has 0 radical (unpaired) electrons. The smallest absolute Gasteiger partial charge is 0.127 e. The number of fused-ring (bicyclic) bond motifs is 1. The standard InChI is InChI=1S/C16H22BrNO2/c1-2-18-15(11-3-6-19-7-4-11)14-10-13(17)9-12-5-8-20-16(12)14/h9-11,15,18H,2-8H2,1H3. The lowest BCUT2D eigenvalue weighted by Gasteiger charge is -2.32. The molecule has 2 aliphatic rings. The number of halogens is 1. The molecule has 0 aliphatic carbocycles. The zero-order chi connectivity index (χ0) is 13.9. The molecule has 1 N–H and O–H groups in total. The molecule has 3 rings (SSSR count). The van der Waals surface area contributed by atoms with E-state index in [-0.39, 0.29) is 0 Å². The fourth-order valence-corrected chi connectivity index (χ4v) is 3.85. The van der Waals surface area contributed by atoms with Gasteiger partial charge in [0, 0.05) is 35.7 Å². The van der Waals surface area contributed by atoms with Crippen LogP contribution >= 0.6 is 15.9 Å².